The zero-order valence-electron chi connectivity index (χ0n) is 11.6. The number of halogens is 2. The van der Waals surface area contributed by atoms with E-state index in [1.165, 1.54) is 7.11 Å². The molecule has 0 heterocycles. The van der Waals surface area contributed by atoms with E-state index in [2.05, 4.69) is 0 Å². The van der Waals surface area contributed by atoms with E-state index in [1.807, 2.05) is 26.8 Å². The van der Waals surface area contributed by atoms with E-state index >= 15 is 0 Å². The summed E-state index contributed by atoms with van der Waals surface area (Å²) in [5.74, 6) is -0.336. The summed E-state index contributed by atoms with van der Waals surface area (Å²) in [4.78, 5) is 11.7. The molecule has 0 aliphatic heterocycles. The van der Waals surface area contributed by atoms with Crippen LogP contribution in [0, 0.1) is 0 Å². The first-order chi connectivity index (χ1) is 8.63. The quantitative estimate of drug-likeness (QED) is 0.865. The Morgan fingerprint density at radius 3 is 2.37 bits per heavy atom. The number of nitrogens with two attached hydrogens (primary N) is 1. The summed E-state index contributed by atoms with van der Waals surface area (Å²) in [7, 11) is 1.35. The number of benzene rings is 1. The van der Waals surface area contributed by atoms with E-state index in [0.717, 1.165) is 5.56 Å². The van der Waals surface area contributed by atoms with Gasteiger partial charge in [-0.25, -0.2) is 0 Å². The SMILES string of the molecule is COC(=O)CC(C)(c1cccc(Cl)c1Cl)C(C)(C)N. The van der Waals surface area contributed by atoms with Crippen LogP contribution in [-0.4, -0.2) is 18.6 Å². The molecule has 19 heavy (non-hydrogen) atoms. The molecule has 0 spiro atoms. The van der Waals surface area contributed by atoms with E-state index in [4.69, 9.17) is 33.7 Å². The van der Waals surface area contributed by atoms with Gasteiger partial charge in [-0.3, -0.25) is 4.79 Å². The van der Waals surface area contributed by atoms with E-state index in [-0.39, 0.29) is 12.4 Å². The molecule has 1 atom stereocenters. The highest BCUT2D eigenvalue weighted by Crippen LogP contribution is 2.42. The minimum atomic E-state index is -0.678. The van der Waals surface area contributed by atoms with Gasteiger partial charge in [0.1, 0.15) is 0 Å². The molecular weight excluding hydrogens is 285 g/mol. The Morgan fingerprint density at radius 1 is 1.32 bits per heavy atom. The molecule has 0 aliphatic carbocycles. The van der Waals surface area contributed by atoms with Gasteiger partial charge in [-0.1, -0.05) is 42.3 Å². The lowest BCUT2D eigenvalue weighted by Crippen LogP contribution is -2.53. The fourth-order valence-corrected chi connectivity index (χ4v) is 2.47. The normalized spacial score (nSPS) is 14.9. The Morgan fingerprint density at radius 2 is 1.89 bits per heavy atom. The van der Waals surface area contributed by atoms with Crippen LogP contribution in [0.25, 0.3) is 0 Å². The lowest BCUT2D eigenvalue weighted by atomic mass is 9.66. The van der Waals surface area contributed by atoms with Crippen LogP contribution in [0.15, 0.2) is 18.2 Å². The molecule has 0 radical (unpaired) electrons. The maximum atomic E-state index is 11.7. The predicted octanol–water partition coefficient (Wildman–Crippen LogP) is 3.55. The topological polar surface area (TPSA) is 52.3 Å². The molecule has 0 bridgehead atoms. The van der Waals surface area contributed by atoms with Crippen molar-refractivity contribution < 1.29 is 9.53 Å². The van der Waals surface area contributed by atoms with Gasteiger partial charge < -0.3 is 10.5 Å². The number of esters is 1. The van der Waals surface area contributed by atoms with Gasteiger partial charge in [0.15, 0.2) is 0 Å². The van der Waals surface area contributed by atoms with Crippen LogP contribution in [0.2, 0.25) is 10.0 Å². The fourth-order valence-electron chi connectivity index (χ4n) is 1.96. The van der Waals surface area contributed by atoms with Gasteiger partial charge in [0, 0.05) is 11.0 Å². The highest BCUT2D eigenvalue weighted by molar-refractivity contribution is 6.42. The highest BCUT2D eigenvalue weighted by Gasteiger charge is 2.43. The highest BCUT2D eigenvalue weighted by atomic mass is 35.5. The first-order valence-corrected chi connectivity index (χ1v) is 6.69. The van der Waals surface area contributed by atoms with Crippen molar-refractivity contribution in [3.05, 3.63) is 33.8 Å². The zero-order valence-corrected chi connectivity index (χ0v) is 13.1. The third-order valence-electron chi connectivity index (χ3n) is 3.69. The molecule has 0 aromatic heterocycles. The van der Waals surface area contributed by atoms with Crippen LogP contribution in [0.1, 0.15) is 32.8 Å². The van der Waals surface area contributed by atoms with Gasteiger partial charge in [-0.05, 0) is 25.5 Å². The molecule has 0 saturated carbocycles. The van der Waals surface area contributed by atoms with Gasteiger partial charge in [0.05, 0.1) is 23.6 Å². The van der Waals surface area contributed by atoms with Gasteiger partial charge in [0.2, 0.25) is 0 Å². The van der Waals surface area contributed by atoms with Crippen LogP contribution in [0.4, 0.5) is 0 Å². The summed E-state index contributed by atoms with van der Waals surface area (Å²) in [6.07, 6.45) is 0.132. The summed E-state index contributed by atoms with van der Waals surface area (Å²) >= 11 is 12.3. The number of rotatable bonds is 4. The van der Waals surface area contributed by atoms with Crippen LogP contribution in [-0.2, 0) is 14.9 Å². The van der Waals surface area contributed by atoms with Crippen molar-refractivity contribution in [2.24, 2.45) is 5.73 Å². The molecule has 2 N–H and O–H groups in total. The van der Waals surface area contributed by atoms with Crippen LogP contribution in [0.3, 0.4) is 0 Å². The minimum Gasteiger partial charge on any atom is -0.469 e. The van der Waals surface area contributed by atoms with E-state index in [1.54, 1.807) is 12.1 Å². The Labute approximate surface area is 124 Å². The molecule has 106 valence electrons. The second-order valence-corrected chi connectivity index (χ2v) is 6.19. The van der Waals surface area contributed by atoms with Crippen molar-refractivity contribution in [2.75, 3.05) is 7.11 Å². The van der Waals surface area contributed by atoms with Crippen LogP contribution in [0.5, 0.6) is 0 Å². The van der Waals surface area contributed by atoms with E-state index < -0.39 is 11.0 Å². The summed E-state index contributed by atoms with van der Waals surface area (Å²) in [5, 5.41) is 0.869. The molecule has 5 heteroatoms. The predicted molar refractivity (Wildman–Crippen MR) is 78.7 cm³/mol. The molecule has 0 amide bonds. The third-order valence-corrected chi connectivity index (χ3v) is 4.51. The molecule has 1 aromatic carbocycles. The summed E-state index contributed by atoms with van der Waals surface area (Å²) in [6.45, 7) is 5.60. The zero-order chi connectivity index (χ0) is 14.8. The fraction of sp³-hybridized carbons (Fsp3) is 0.500. The average molecular weight is 304 g/mol. The lowest BCUT2D eigenvalue weighted by molar-refractivity contribution is -0.142. The molecule has 1 unspecified atom stereocenters. The second kappa shape index (κ2) is 5.70. The van der Waals surface area contributed by atoms with Gasteiger partial charge >= 0.3 is 5.97 Å². The lowest BCUT2D eigenvalue weighted by Gasteiger charge is -2.42. The largest absolute Gasteiger partial charge is 0.469 e. The summed E-state index contributed by atoms with van der Waals surface area (Å²) in [6, 6.07) is 5.34. The Bertz CT molecular complexity index is 483. The summed E-state index contributed by atoms with van der Waals surface area (Å²) in [5.41, 5.74) is 5.66. The molecular formula is C14H19Cl2NO2. The van der Waals surface area contributed by atoms with Crippen LogP contribution < -0.4 is 5.73 Å². The Balaban J connectivity index is 3.40. The van der Waals surface area contributed by atoms with Gasteiger partial charge in [-0.15, -0.1) is 0 Å². The number of carbonyl (C=O) groups is 1. The van der Waals surface area contributed by atoms with Gasteiger partial charge in [0.25, 0.3) is 0 Å². The molecule has 0 fully saturated rings. The maximum absolute atomic E-state index is 11.7. The minimum absolute atomic E-state index is 0.132. The first-order valence-electron chi connectivity index (χ1n) is 5.93. The first kappa shape index (κ1) is 16.3. The second-order valence-electron chi connectivity index (χ2n) is 5.41. The number of hydrogen-bond donors (Lipinski definition) is 1. The van der Waals surface area contributed by atoms with Crippen molar-refractivity contribution in [1.82, 2.24) is 0 Å². The standard InChI is InChI=1S/C14H19Cl2NO2/c1-13(2,17)14(3,8-11(18)19-4)9-6-5-7-10(15)12(9)16/h5-7H,8,17H2,1-4H3. The van der Waals surface area contributed by atoms with Gasteiger partial charge in [-0.2, -0.15) is 0 Å². The average Bonchev–Trinajstić information content (AvgIpc) is 2.30. The molecule has 1 rings (SSSR count). The molecule has 0 saturated heterocycles. The van der Waals surface area contributed by atoms with E-state index in [0.29, 0.717) is 10.0 Å². The molecule has 0 aliphatic rings. The van der Waals surface area contributed by atoms with Crippen molar-refractivity contribution in [1.29, 1.82) is 0 Å². The van der Waals surface area contributed by atoms with Crippen molar-refractivity contribution in [3.8, 4) is 0 Å². The number of hydrogen-bond acceptors (Lipinski definition) is 3. The third kappa shape index (κ3) is 3.22. The van der Waals surface area contributed by atoms with Crippen LogP contribution >= 0.6 is 23.2 Å². The molecule has 1 aromatic rings. The molecule has 3 nitrogen and oxygen atoms in total. The Kier molecular flexibility index (Phi) is 4.88. The monoisotopic (exact) mass is 303 g/mol. The number of ether oxygens (including phenoxy) is 1. The maximum Gasteiger partial charge on any atom is 0.306 e. The summed E-state index contributed by atoms with van der Waals surface area (Å²) < 4.78 is 4.76. The Hall–Kier alpha value is -0.770. The van der Waals surface area contributed by atoms with Crippen molar-refractivity contribution in [2.45, 2.75) is 38.1 Å². The number of carbonyl (C=O) groups excluding carboxylic acids is 1. The van der Waals surface area contributed by atoms with Crippen molar-refractivity contribution >= 4 is 29.2 Å². The smallest absolute Gasteiger partial charge is 0.306 e. The van der Waals surface area contributed by atoms with E-state index in [9.17, 15) is 4.79 Å². The number of methoxy groups -OCH3 is 1. The van der Waals surface area contributed by atoms with Crippen molar-refractivity contribution in [3.63, 3.8) is 0 Å².